The molecule has 3 heteroatoms. The van der Waals surface area contributed by atoms with Gasteiger partial charge in [-0.2, -0.15) is 0 Å². The van der Waals surface area contributed by atoms with E-state index in [0.717, 1.165) is 12.5 Å². The van der Waals surface area contributed by atoms with Crippen LogP contribution in [0.1, 0.15) is 46.5 Å². The molecule has 0 unspecified atom stereocenters. The van der Waals surface area contributed by atoms with E-state index in [1.165, 1.54) is 45.3 Å². The molecule has 0 aromatic carbocycles. The third-order valence-electron chi connectivity index (χ3n) is 4.10. The van der Waals surface area contributed by atoms with Crippen molar-refractivity contribution < 1.29 is 0 Å². The van der Waals surface area contributed by atoms with Gasteiger partial charge in [-0.05, 0) is 56.8 Å². The molecule has 0 spiro atoms. The first-order valence-electron chi connectivity index (χ1n) is 6.50. The second kappa shape index (κ2) is 7.52. The van der Waals surface area contributed by atoms with Crippen molar-refractivity contribution in [2.45, 2.75) is 46.5 Å². The number of halogens is 1. The molecule has 1 saturated heterocycles. The molecule has 0 radical (unpaired) electrons. The lowest BCUT2D eigenvalue weighted by Gasteiger charge is -2.33. The number of hydrogen-bond donors (Lipinski definition) is 1. The van der Waals surface area contributed by atoms with E-state index in [1.54, 1.807) is 0 Å². The van der Waals surface area contributed by atoms with E-state index < -0.39 is 0 Å². The van der Waals surface area contributed by atoms with Crippen LogP contribution in [0.5, 0.6) is 0 Å². The molecule has 1 heterocycles. The van der Waals surface area contributed by atoms with Gasteiger partial charge in [0, 0.05) is 0 Å². The Bertz CT molecular complexity index is 175. The predicted molar refractivity (Wildman–Crippen MR) is 74.2 cm³/mol. The zero-order valence-electron chi connectivity index (χ0n) is 11.2. The number of piperidine rings is 1. The molecule has 1 rings (SSSR count). The van der Waals surface area contributed by atoms with Crippen LogP contribution in [0.25, 0.3) is 0 Å². The molecular formula is C13H29ClN2. The minimum Gasteiger partial charge on any atom is -0.330 e. The normalized spacial score (nSPS) is 19.5. The largest absolute Gasteiger partial charge is 0.330 e. The van der Waals surface area contributed by atoms with Gasteiger partial charge in [0.25, 0.3) is 0 Å². The second-order valence-corrected chi connectivity index (χ2v) is 5.79. The maximum absolute atomic E-state index is 5.69. The molecule has 0 aromatic heterocycles. The monoisotopic (exact) mass is 248 g/mol. The van der Waals surface area contributed by atoms with Crippen LogP contribution in [0, 0.1) is 11.3 Å². The molecule has 0 aromatic rings. The van der Waals surface area contributed by atoms with E-state index in [4.69, 9.17) is 5.73 Å². The SMILES string of the molecule is CCC(C)(C)CCN1CCC(CN)CC1.Cl. The summed E-state index contributed by atoms with van der Waals surface area (Å²) in [5.74, 6) is 0.792. The second-order valence-electron chi connectivity index (χ2n) is 5.79. The summed E-state index contributed by atoms with van der Waals surface area (Å²) in [5, 5.41) is 0. The van der Waals surface area contributed by atoms with Gasteiger partial charge in [-0.25, -0.2) is 0 Å². The Morgan fingerprint density at radius 3 is 2.25 bits per heavy atom. The molecular weight excluding hydrogens is 220 g/mol. The Labute approximate surface area is 107 Å². The van der Waals surface area contributed by atoms with Crippen molar-refractivity contribution in [3.8, 4) is 0 Å². The summed E-state index contributed by atoms with van der Waals surface area (Å²) in [7, 11) is 0. The van der Waals surface area contributed by atoms with Gasteiger partial charge in [-0.3, -0.25) is 0 Å². The highest BCUT2D eigenvalue weighted by Crippen LogP contribution is 2.25. The third-order valence-corrected chi connectivity index (χ3v) is 4.10. The Morgan fingerprint density at radius 1 is 1.25 bits per heavy atom. The van der Waals surface area contributed by atoms with Crippen LogP contribution in [0.15, 0.2) is 0 Å². The number of nitrogens with two attached hydrogens (primary N) is 1. The van der Waals surface area contributed by atoms with Gasteiger partial charge in [0.15, 0.2) is 0 Å². The average molecular weight is 249 g/mol. The Hall–Kier alpha value is 0.210. The third kappa shape index (κ3) is 5.51. The highest BCUT2D eigenvalue weighted by molar-refractivity contribution is 5.85. The smallest absolute Gasteiger partial charge is 0.00136 e. The van der Waals surface area contributed by atoms with Crippen molar-refractivity contribution in [2.75, 3.05) is 26.2 Å². The average Bonchev–Trinajstić information content (AvgIpc) is 2.27. The molecule has 16 heavy (non-hydrogen) atoms. The first-order valence-corrected chi connectivity index (χ1v) is 6.50. The van der Waals surface area contributed by atoms with Crippen LogP contribution >= 0.6 is 12.4 Å². The Kier molecular flexibility index (Phi) is 7.62. The standard InChI is InChI=1S/C13H28N2.ClH/c1-4-13(2,3)7-10-15-8-5-12(11-14)6-9-15;/h12H,4-11,14H2,1-3H3;1H. The van der Waals surface area contributed by atoms with Gasteiger partial charge >= 0.3 is 0 Å². The van der Waals surface area contributed by atoms with Crippen molar-refractivity contribution in [1.29, 1.82) is 0 Å². The fraction of sp³-hybridized carbons (Fsp3) is 1.00. The summed E-state index contributed by atoms with van der Waals surface area (Å²) in [6.45, 7) is 11.7. The topological polar surface area (TPSA) is 29.3 Å². The highest BCUT2D eigenvalue weighted by Gasteiger charge is 2.20. The molecule has 0 amide bonds. The van der Waals surface area contributed by atoms with Crippen LogP contribution < -0.4 is 5.73 Å². The molecule has 0 aliphatic carbocycles. The molecule has 0 bridgehead atoms. The predicted octanol–water partition coefficient (Wildman–Crippen LogP) is 2.91. The van der Waals surface area contributed by atoms with Crippen LogP contribution in [0.4, 0.5) is 0 Å². The summed E-state index contributed by atoms with van der Waals surface area (Å²) in [5.41, 5.74) is 6.21. The number of hydrogen-bond acceptors (Lipinski definition) is 2. The molecule has 1 aliphatic rings. The lowest BCUT2D eigenvalue weighted by molar-refractivity contribution is 0.160. The van der Waals surface area contributed by atoms with Crippen LogP contribution in [0.2, 0.25) is 0 Å². The van der Waals surface area contributed by atoms with Gasteiger partial charge in [-0.15, -0.1) is 12.4 Å². The van der Waals surface area contributed by atoms with Crippen molar-refractivity contribution in [3.05, 3.63) is 0 Å². The van der Waals surface area contributed by atoms with Crippen molar-refractivity contribution in [3.63, 3.8) is 0 Å². The molecule has 1 aliphatic heterocycles. The van der Waals surface area contributed by atoms with E-state index in [9.17, 15) is 0 Å². The summed E-state index contributed by atoms with van der Waals surface area (Å²) >= 11 is 0. The summed E-state index contributed by atoms with van der Waals surface area (Å²) in [6, 6.07) is 0. The van der Waals surface area contributed by atoms with Gasteiger partial charge < -0.3 is 10.6 Å². The number of rotatable bonds is 5. The highest BCUT2D eigenvalue weighted by atomic mass is 35.5. The minimum atomic E-state index is 0. The van der Waals surface area contributed by atoms with Crippen LogP contribution in [-0.4, -0.2) is 31.1 Å². The summed E-state index contributed by atoms with van der Waals surface area (Å²) in [4.78, 5) is 2.61. The van der Waals surface area contributed by atoms with Crippen molar-refractivity contribution >= 4 is 12.4 Å². The molecule has 0 atom stereocenters. The van der Waals surface area contributed by atoms with E-state index in [-0.39, 0.29) is 12.4 Å². The van der Waals surface area contributed by atoms with E-state index in [2.05, 4.69) is 25.7 Å². The molecule has 2 N–H and O–H groups in total. The Balaban J connectivity index is 0.00000225. The molecule has 1 fully saturated rings. The van der Waals surface area contributed by atoms with Gasteiger partial charge in [-0.1, -0.05) is 27.2 Å². The number of nitrogens with zero attached hydrogens (tertiary/aromatic N) is 1. The minimum absolute atomic E-state index is 0. The van der Waals surface area contributed by atoms with Gasteiger partial charge in [0.2, 0.25) is 0 Å². The lowest BCUT2D eigenvalue weighted by atomic mass is 9.86. The van der Waals surface area contributed by atoms with Crippen molar-refractivity contribution in [1.82, 2.24) is 4.90 Å². The van der Waals surface area contributed by atoms with E-state index in [1.807, 2.05) is 0 Å². The van der Waals surface area contributed by atoms with E-state index >= 15 is 0 Å². The van der Waals surface area contributed by atoms with E-state index in [0.29, 0.717) is 5.41 Å². The zero-order chi connectivity index (χ0) is 11.3. The molecule has 98 valence electrons. The van der Waals surface area contributed by atoms with Gasteiger partial charge in [0.1, 0.15) is 0 Å². The molecule has 0 saturated carbocycles. The quantitative estimate of drug-likeness (QED) is 0.811. The van der Waals surface area contributed by atoms with Gasteiger partial charge in [0.05, 0.1) is 0 Å². The van der Waals surface area contributed by atoms with Crippen LogP contribution in [-0.2, 0) is 0 Å². The zero-order valence-corrected chi connectivity index (χ0v) is 12.0. The molecule has 2 nitrogen and oxygen atoms in total. The van der Waals surface area contributed by atoms with Crippen LogP contribution in [0.3, 0.4) is 0 Å². The first kappa shape index (κ1) is 16.2. The number of likely N-dealkylation sites (tertiary alicyclic amines) is 1. The Morgan fingerprint density at radius 2 is 1.81 bits per heavy atom. The maximum Gasteiger partial charge on any atom is -0.00136 e. The first-order chi connectivity index (χ1) is 7.07. The maximum atomic E-state index is 5.69. The fourth-order valence-electron chi connectivity index (χ4n) is 2.08. The summed E-state index contributed by atoms with van der Waals surface area (Å²) in [6.07, 6.45) is 5.23. The summed E-state index contributed by atoms with van der Waals surface area (Å²) < 4.78 is 0. The van der Waals surface area contributed by atoms with Crippen molar-refractivity contribution in [2.24, 2.45) is 17.1 Å². The lowest BCUT2D eigenvalue weighted by Crippen LogP contribution is -2.37. The fourth-order valence-corrected chi connectivity index (χ4v) is 2.08.